The number of unbranched alkanes of at least 4 members (excludes halogenated alkanes) is 12. The van der Waals surface area contributed by atoms with E-state index in [-0.39, 0.29) is 0 Å². The Labute approximate surface area is 167 Å². The van der Waals surface area contributed by atoms with Gasteiger partial charge in [0, 0.05) is 0 Å². The normalized spacial score (nSPS) is 17.9. The zero-order chi connectivity index (χ0) is 18.5. The van der Waals surface area contributed by atoms with Crippen molar-refractivity contribution < 1.29 is 0 Å². The number of rotatable bonds is 14. The molecule has 0 aromatic rings. The molecule has 26 heavy (non-hydrogen) atoms. The highest BCUT2D eigenvalue weighted by Gasteiger charge is 2.09. The Kier molecular flexibility index (Phi) is 18.3. The first-order chi connectivity index (χ1) is 12.9. The molecule has 0 radical (unpaired) electrons. The van der Waals surface area contributed by atoms with E-state index in [9.17, 15) is 0 Å². The van der Waals surface area contributed by atoms with E-state index in [1.807, 2.05) is 0 Å². The molecule has 0 heteroatoms. The lowest BCUT2D eigenvalue weighted by Gasteiger charge is -2.16. The first-order valence-corrected chi connectivity index (χ1v) is 12.9. The van der Waals surface area contributed by atoms with Crippen LogP contribution in [0.1, 0.15) is 161 Å². The van der Waals surface area contributed by atoms with E-state index in [0.717, 1.165) is 5.92 Å². The van der Waals surface area contributed by atoms with Gasteiger partial charge in [-0.25, -0.2) is 0 Å². The Balaban J connectivity index is 1.86. The molecule has 0 nitrogen and oxygen atoms in total. The zero-order valence-electron chi connectivity index (χ0n) is 18.5. The van der Waals surface area contributed by atoms with Gasteiger partial charge in [-0.2, -0.15) is 0 Å². The van der Waals surface area contributed by atoms with Gasteiger partial charge in [-0.05, 0) is 5.92 Å². The van der Waals surface area contributed by atoms with E-state index in [2.05, 4.69) is 6.92 Å². The van der Waals surface area contributed by atoms with Gasteiger partial charge in [-0.3, -0.25) is 0 Å². The summed E-state index contributed by atoms with van der Waals surface area (Å²) in [6, 6.07) is 0. The van der Waals surface area contributed by atoms with E-state index in [1.54, 1.807) is 0 Å². The van der Waals surface area contributed by atoms with Crippen molar-refractivity contribution in [3.8, 4) is 0 Å². The molecule has 0 spiro atoms. The van der Waals surface area contributed by atoms with Gasteiger partial charge in [0.2, 0.25) is 0 Å². The molecule has 0 heterocycles. The summed E-state index contributed by atoms with van der Waals surface area (Å²) in [4.78, 5) is 0. The van der Waals surface area contributed by atoms with Gasteiger partial charge in [0.25, 0.3) is 0 Å². The van der Waals surface area contributed by atoms with Gasteiger partial charge >= 0.3 is 0 Å². The summed E-state index contributed by atoms with van der Waals surface area (Å²) >= 11 is 0. The predicted octanol–water partition coefficient (Wildman–Crippen LogP) is 10.00. The summed E-state index contributed by atoms with van der Waals surface area (Å²) in [6.07, 6.45) is 36.0. The molecule has 0 aromatic heterocycles. The van der Waals surface area contributed by atoms with Crippen LogP contribution in [-0.2, 0) is 0 Å². The second kappa shape index (κ2) is 19.8. The van der Waals surface area contributed by atoms with Crippen LogP contribution in [0.25, 0.3) is 0 Å². The fourth-order valence-electron chi connectivity index (χ4n) is 4.81. The maximum atomic E-state index is 2.31. The molecule has 156 valence electrons. The summed E-state index contributed by atoms with van der Waals surface area (Å²) in [7, 11) is 0. The van der Waals surface area contributed by atoms with Gasteiger partial charge in [-0.15, -0.1) is 0 Å². The molecular formula is C26H52. The fraction of sp³-hybridized carbons (Fsp3) is 1.00. The third-order valence-corrected chi connectivity index (χ3v) is 6.69. The summed E-state index contributed by atoms with van der Waals surface area (Å²) in [5.41, 5.74) is 0. The highest BCUT2D eigenvalue weighted by atomic mass is 14.2. The summed E-state index contributed by atoms with van der Waals surface area (Å²) in [5.74, 6) is 1.07. The Morgan fingerprint density at radius 1 is 0.423 bits per heavy atom. The molecule has 1 aliphatic carbocycles. The van der Waals surface area contributed by atoms with Crippen LogP contribution in [-0.4, -0.2) is 0 Å². The van der Waals surface area contributed by atoms with Gasteiger partial charge in [0.05, 0.1) is 0 Å². The SMILES string of the molecule is CCCCCCCCCCCCCCCC1CCCCCCCCCC1. The van der Waals surface area contributed by atoms with Crippen molar-refractivity contribution in [1.29, 1.82) is 0 Å². The summed E-state index contributed by atoms with van der Waals surface area (Å²) in [6.45, 7) is 2.31. The van der Waals surface area contributed by atoms with E-state index >= 15 is 0 Å². The minimum absolute atomic E-state index is 1.07. The summed E-state index contributed by atoms with van der Waals surface area (Å²) in [5, 5.41) is 0. The van der Waals surface area contributed by atoms with Crippen molar-refractivity contribution in [2.24, 2.45) is 5.92 Å². The minimum atomic E-state index is 1.07. The lowest BCUT2D eigenvalue weighted by molar-refractivity contribution is 0.372. The zero-order valence-corrected chi connectivity index (χ0v) is 18.5. The molecule has 1 saturated carbocycles. The first-order valence-electron chi connectivity index (χ1n) is 12.9. The van der Waals surface area contributed by atoms with Gasteiger partial charge in [0.15, 0.2) is 0 Å². The molecule has 1 rings (SSSR count). The highest BCUT2D eigenvalue weighted by molar-refractivity contribution is 4.63. The van der Waals surface area contributed by atoms with Crippen LogP contribution in [0.3, 0.4) is 0 Å². The molecule has 1 fully saturated rings. The van der Waals surface area contributed by atoms with Gasteiger partial charge in [-0.1, -0.05) is 161 Å². The lowest BCUT2D eigenvalue weighted by Crippen LogP contribution is -2.01. The summed E-state index contributed by atoms with van der Waals surface area (Å²) < 4.78 is 0. The molecule has 0 aromatic carbocycles. The van der Waals surface area contributed by atoms with Crippen LogP contribution in [0.2, 0.25) is 0 Å². The van der Waals surface area contributed by atoms with Crippen LogP contribution in [0.15, 0.2) is 0 Å². The first kappa shape index (κ1) is 24.0. The predicted molar refractivity (Wildman–Crippen MR) is 120 cm³/mol. The third-order valence-electron chi connectivity index (χ3n) is 6.69. The average molecular weight is 365 g/mol. The van der Waals surface area contributed by atoms with Crippen LogP contribution in [0.5, 0.6) is 0 Å². The molecular weight excluding hydrogens is 312 g/mol. The van der Waals surface area contributed by atoms with E-state index in [1.165, 1.54) is 154 Å². The molecule has 0 N–H and O–H groups in total. The number of hydrogen-bond acceptors (Lipinski definition) is 0. The molecule has 0 aliphatic heterocycles. The molecule has 0 atom stereocenters. The topological polar surface area (TPSA) is 0 Å². The molecule has 1 aliphatic rings. The monoisotopic (exact) mass is 364 g/mol. The van der Waals surface area contributed by atoms with Crippen molar-refractivity contribution >= 4 is 0 Å². The van der Waals surface area contributed by atoms with E-state index < -0.39 is 0 Å². The largest absolute Gasteiger partial charge is 0.0654 e. The Morgan fingerprint density at radius 2 is 0.769 bits per heavy atom. The maximum absolute atomic E-state index is 2.31. The highest BCUT2D eigenvalue weighted by Crippen LogP contribution is 2.25. The number of hydrogen-bond donors (Lipinski definition) is 0. The Hall–Kier alpha value is 0. The van der Waals surface area contributed by atoms with Crippen LogP contribution < -0.4 is 0 Å². The second-order valence-electron chi connectivity index (χ2n) is 9.30. The maximum Gasteiger partial charge on any atom is -0.0414 e. The van der Waals surface area contributed by atoms with E-state index in [4.69, 9.17) is 0 Å². The van der Waals surface area contributed by atoms with Crippen LogP contribution >= 0.6 is 0 Å². The standard InChI is InChI=1S/C26H52/c1-2-3-4-5-6-7-8-9-10-11-14-17-20-23-26-24-21-18-15-12-13-16-19-22-25-26/h26H,2-25H2,1H3. The van der Waals surface area contributed by atoms with Gasteiger partial charge < -0.3 is 0 Å². The average Bonchev–Trinajstić information content (AvgIpc) is 2.71. The second-order valence-corrected chi connectivity index (χ2v) is 9.30. The fourth-order valence-corrected chi connectivity index (χ4v) is 4.81. The van der Waals surface area contributed by atoms with Crippen molar-refractivity contribution in [1.82, 2.24) is 0 Å². The molecule has 0 saturated heterocycles. The van der Waals surface area contributed by atoms with Crippen molar-refractivity contribution in [2.45, 2.75) is 161 Å². The van der Waals surface area contributed by atoms with Crippen molar-refractivity contribution in [2.75, 3.05) is 0 Å². The van der Waals surface area contributed by atoms with Crippen LogP contribution in [0.4, 0.5) is 0 Å². The Bertz CT molecular complexity index is 245. The molecule has 0 unspecified atom stereocenters. The quantitative estimate of drug-likeness (QED) is 0.269. The van der Waals surface area contributed by atoms with Gasteiger partial charge in [0.1, 0.15) is 0 Å². The Morgan fingerprint density at radius 3 is 1.19 bits per heavy atom. The molecule has 0 bridgehead atoms. The van der Waals surface area contributed by atoms with Crippen molar-refractivity contribution in [3.05, 3.63) is 0 Å². The smallest absolute Gasteiger partial charge is 0.0414 e. The lowest BCUT2D eigenvalue weighted by atomic mass is 9.90. The molecule has 0 amide bonds. The minimum Gasteiger partial charge on any atom is -0.0654 e. The third kappa shape index (κ3) is 16.2. The van der Waals surface area contributed by atoms with Crippen molar-refractivity contribution in [3.63, 3.8) is 0 Å². The van der Waals surface area contributed by atoms with E-state index in [0.29, 0.717) is 0 Å². The van der Waals surface area contributed by atoms with Crippen LogP contribution in [0, 0.1) is 5.92 Å².